The van der Waals surface area contributed by atoms with Crippen LogP contribution in [0.1, 0.15) is 45.9 Å². The fraction of sp³-hybridized carbons (Fsp3) is 0.611. The van der Waals surface area contributed by atoms with Crippen LogP contribution in [0.5, 0.6) is 0 Å². The van der Waals surface area contributed by atoms with Crippen molar-refractivity contribution in [1.82, 2.24) is 20.3 Å². The Hall–Kier alpha value is -2.22. The third kappa shape index (κ3) is 6.95. The van der Waals surface area contributed by atoms with Gasteiger partial charge in [-0.3, -0.25) is 4.79 Å². The van der Waals surface area contributed by atoms with E-state index in [0.29, 0.717) is 5.70 Å². The highest BCUT2D eigenvalue weighted by molar-refractivity contribution is 5.66. The first-order valence-electron chi connectivity index (χ1n) is 8.98. The second kappa shape index (κ2) is 11.4. The molecule has 146 valence electrons. The van der Waals surface area contributed by atoms with Crippen LogP contribution in [-0.2, 0) is 16.0 Å². The molecule has 1 heterocycles. The van der Waals surface area contributed by atoms with Crippen molar-refractivity contribution in [2.75, 3.05) is 13.2 Å². The van der Waals surface area contributed by atoms with Crippen molar-refractivity contribution in [3.63, 3.8) is 0 Å². The molecule has 1 aromatic rings. The zero-order chi connectivity index (χ0) is 19.5. The monoisotopic (exact) mass is 368 g/mol. The van der Waals surface area contributed by atoms with Gasteiger partial charge in [0.15, 0.2) is 0 Å². The van der Waals surface area contributed by atoms with Crippen molar-refractivity contribution < 1.29 is 19.0 Å². The van der Waals surface area contributed by atoms with Crippen LogP contribution in [0.4, 0.5) is 4.39 Å². The van der Waals surface area contributed by atoms with Gasteiger partial charge in [-0.05, 0) is 18.6 Å². The predicted octanol–water partition coefficient (Wildman–Crippen LogP) is 2.10. The number of rotatable bonds is 7. The molecule has 0 saturated carbocycles. The summed E-state index contributed by atoms with van der Waals surface area (Å²) in [5.41, 5.74) is 1.44. The van der Waals surface area contributed by atoms with Gasteiger partial charge in [-0.2, -0.15) is 0 Å². The average Bonchev–Trinajstić information content (AvgIpc) is 3.03. The highest BCUT2D eigenvalue weighted by Gasteiger charge is 2.19. The molecule has 26 heavy (non-hydrogen) atoms. The van der Waals surface area contributed by atoms with Crippen LogP contribution >= 0.6 is 0 Å². The number of esters is 1. The minimum Gasteiger partial charge on any atom is -0.458 e. The highest BCUT2D eigenvalue weighted by atomic mass is 19.1. The Morgan fingerprint density at radius 3 is 2.85 bits per heavy atom. The second-order valence-electron chi connectivity index (χ2n) is 5.64. The van der Waals surface area contributed by atoms with Gasteiger partial charge >= 0.3 is 5.97 Å². The molecule has 0 amide bonds. The molecular formula is C18H29FN4O3. The average molecular weight is 368 g/mol. The van der Waals surface area contributed by atoms with Gasteiger partial charge in [-0.15, -0.1) is 5.10 Å². The summed E-state index contributed by atoms with van der Waals surface area (Å²) in [6.45, 7) is 7.16. The number of nitrogens with one attached hydrogen (secondary N) is 1. The number of hydrogen-bond acceptors (Lipinski definition) is 6. The van der Waals surface area contributed by atoms with E-state index in [1.165, 1.54) is 13.0 Å². The third-order valence-electron chi connectivity index (χ3n) is 3.65. The standard InChI is InChI=1S/C16H23FN4O3.C2H6/c1-3-13-9-21(20-19-13)15-5-4-14(6-12(17)7-15)18-8-16(10-22)24-11(2)23;1-2/h4-6,9,12,15-16,18,22H,3,7-8,10H2,1-2H3;1-2H3. The first kappa shape index (κ1) is 21.8. The normalized spacial score (nSPS) is 20.3. The van der Waals surface area contributed by atoms with Gasteiger partial charge in [0, 0.05) is 25.2 Å². The molecule has 0 aromatic carbocycles. The molecule has 3 unspecified atom stereocenters. The SMILES string of the molecule is CC.CCc1cn(C2C=CC(NCC(CO)OC(C)=O)=CC(F)C2)nn1. The van der Waals surface area contributed by atoms with Gasteiger partial charge in [0.05, 0.1) is 24.9 Å². The van der Waals surface area contributed by atoms with Gasteiger partial charge < -0.3 is 15.2 Å². The quantitative estimate of drug-likeness (QED) is 0.717. The van der Waals surface area contributed by atoms with Crippen LogP contribution < -0.4 is 5.32 Å². The van der Waals surface area contributed by atoms with Crippen molar-refractivity contribution in [2.24, 2.45) is 0 Å². The number of carbonyl (C=O) groups excluding carboxylic acids is 1. The van der Waals surface area contributed by atoms with E-state index in [1.807, 2.05) is 33.0 Å². The van der Waals surface area contributed by atoms with E-state index in [9.17, 15) is 14.3 Å². The highest BCUT2D eigenvalue weighted by Crippen LogP contribution is 2.22. The Morgan fingerprint density at radius 2 is 2.27 bits per heavy atom. The van der Waals surface area contributed by atoms with E-state index >= 15 is 0 Å². The summed E-state index contributed by atoms with van der Waals surface area (Å²) in [6, 6.07) is -0.217. The molecule has 1 aliphatic rings. The third-order valence-corrected chi connectivity index (χ3v) is 3.65. The molecule has 2 N–H and O–H groups in total. The van der Waals surface area contributed by atoms with Crippen molar-refractivity contribution in [2.45, 2.75) is 58.9 Å². The maximum atomic E-state index is 14.2. The molecule has 0 spiro atoms. The fourth-order valence-corrected chi connectivity index (χ4v) is 2.40. The number of ether oxygens (including phenoxy) is 1. The van der Waals surface area contributed by atoms with Gasteiger partial charge in [-0.25, -0.2) is 9.07 Å². The number of aromatic nitrogens is 3. The van der Waals surface area contributed by atoms with E-state index < -0.39 is 18.2 Å². The van der Waals surface area contributed by atoms with Crippen LogP contribution in [0.3, 0.4) is 0 Å². The second-order valence-corrected chi connectivity index (χ2v) is 5.64. The van der Waals surface area contributed by atoms with E-state index in [1.54, 1.807) is 10.8 Å². The summed E-state index contributed by atoms with van der Waals surface area (Å²) in [7, 11) is 0. The lowest BCUT2D eigenvalue weighted by molar-refractivity contribution is -0.147. The molecule has 0 aliphatic heterocycles. The maximum Gasteiger partial charge on any atom is 0.303 e. The van der Waals surface area contributed by atoms with Gasteiger partial charge in [0.2, 0.25) is 0 Å². The van der Waals surface area contributed by atoms with Gasteiger partial charge in [-0.1, -0.05) is 32.1 Å². The molecular weight excluding hydrogens is 339 g/mol. The van der Waals surface area contributed by atoms with Gasteiger partial charge in [0.1, 0.15) is 12.3 Å². The molecule has 1 aliphatic carbocycles. The number of halogens is 1. The number of aryl methyl sites for hydroxylation is 1. The smallest absolute Gasteiger partial charge is 0.303 e. The van der Waals surface area contributed by atoms with E-state index in [0.717, 1.165) is 12.1 Å². The molecule has 0 fully saturated rings. The Morgan fingerprint density at radius 1 is 1.54 bits per heavy atom. The number of aliphatic hydroxyl groups excluding tert-OH is 1. The topological polar surface area (TPSA) is 89.3 Å². The van der Waals surface area contributed by atoms with Crippen LogP contribution in [0.2, 0.25) is 0 Å². The van der Waals surface area contributed by atoms with Crippen LogP contribution in [0, 0.1) is 0 Å². The number of alkyl halides is 1. The van der Waals surface area contributed by atoms with Crippen molar-refractivity contribution in [3.05, 3.63) is 35.8 Å². The number of hydrogen-bond donors (Lipinski definition) is 2. The zero-order valence-corrected chi connectivity index (χ0v) is 15.9. The largest absolute Gasteiger partial charge is 0.458 e. The molecule has 8 heteroatoms. The molecule has 3 atom stereocenters. The number of aliphatic hydroxyl groups is 1. The minimum atomic E-state index is -1.15. The molecule has 0 saturated heterocycles. The summed E-state index contributed by atoms with van der Waals surface area (Å²) in [4.78, 5) is 10.9. The summed E-state index contributed by atoms with van der Waals surface area (Å²) >= 11 is 0. The molecule has 0 bridgehead atoms. The molecule has 7 nitrogen and oxygen atoms in total. The molecule has 2 rings (SSSR count). The maximum absolute atomic E-state index is 14.2. The predicted molar refractivity (Wildman–Crippen MR) is 97.2 cm³/mol. The lowest BCUT2D eigenvalue weighted by Gasteiger charge is -2.16. The first-order valence-corrected chi connectivity index (χ1v) is 8.98. The Kier molecular flexibility index (Phi) is 9.57. The Labute approximate surface area is 153 Å². The number of nitrogens with zero attached hydrogens (tertiary/aromatic N) is 3. The number of carbonyl (C=O) groups is 1. The summed E-state index contributed by atoms with van der Waals surface area (Å²) < 4.78 is 20.8. The van der Waals surface area contributed by atoms with E-state index in [4.69, 9.17) is 4.74 Å². The van der Waals surface area contributed by atoms with Crippen molar-refractivity contribution >= 4 is 5.97 Å². The summed E-state index contributed by atoms with van der Waals surface area (Å²) in [5.74, 6) is -0.470. The Bertz CT molecular complexity index is 615. The summed E-state index contributed by atoms with van der Waals surface area (Å²) in [5, 5.41) is 20.2. The van der Waals surface area contributed by atoms with Crippen molar-refractivity contribution in [1.29, 1.82) is 0 Å². The van der Waals surface area contributed by atoms with Crippen LogP contribution in [0.25, 0.3) is 0 Å². The summed E-state index contributed by atoms with van der Waals surface area (Å²) in [6.07, 6.45) is 6.13. The van der Waals surface area contributed by atoms with Crippen LogP contribution in [-0.4, -0.2) is 51.5 Å². The number of allylic oxidation sites excluding steroid dienone is 3. The van der Waals surface area contributed by atoms with Gasteiger partial charge in [0.25, 0.3) is 0 Å². The molecule has 1 aromatic heterocycles. The lowest BCUT2D eigenvalue weighted by Crippen LogP contribution is -2.32. The minimum absolute atomic E-state index is 0.201. The molecule has 0 radical (unpaired) electrons. The fourth-order valence-electron chi connectivity index (χ4n) is 2.40. The zero-order valence-electron chi connectivity index (χ0n) is 15.9. The van der Waals surface area contributed by atoms with Crippen molar-refractivity contribution in [3.8, 4) is 0 Å². The Balaban J connectivity index is 0.00000163. The van der Waals surface area contributed by atoms with Crippen LogP contribution in [0.15, 0.2) is 30.1 Å². The lowest BCUT2D eigenvalue weighted by atomic mass is 10.1. The van der Waals surface area contributed by atoms with E-state index in [-0.39, 0.29) is 25.6 Å². The van der Waals surface area contributed by atoms with E-state index in [2.05, 4.69) is 15.6 Å². The first-order chi connectivity index (χ1) is 12.5.